The molecule has 1 aliphatic rings. The van der Waals surface area contributed by atoms with Gasteiger partial charge in [0.05, 0.1) is 12.1 Å². The summed E-state index contributed by atoms with van der Waals surface area (Å²) in [5.74, 6) is 0.771. The molecule has 0 aromatic rings. The van der Waals surface area contributed by atoms with Gasteiger partial charge in [-0.2, -0.15) is 0 Å². The van der Waals surface area contributed by atoms with Crippen LogP contribution >= 0.6 is 24.0 Å². The van der Waals surface area contributed by atoms with E-state index in [4.69, 9.17) is 0 Å². The van der Waals surface area contributed by atoms with Gasteiger partial charge in [-0.25, -0.2) is 0 Å². The topological polar surface area (TPSA) is 77.0 Å². The number of hydrogen-bond acceptors (Lipinski definition) is 3. The van der Waals surface area contributed by atoms with E-state index in [-0.39, 0.29) is 53.4 Å². The van der Waals surface area contributed by atoms with Crippen molar-refractivity contribution in [2.75, 3.05) is 26.7 Å². The minimum Gasteiger partial charge on any atom is -0.356 e. The van der Waals surface area contributed by atoms with Crippen molar-refractivity contribution >= 4 is 41.8 Å². The van der Waals surface area contributed by atoms with Gasteiger partial charge in [0, 0.05) is 38.6 Å². The Bertz CT molecular complexity index is 491. The van der Waals surface area contributed by atoms with E-state index in [9.17, 15) is 9.59 Å². The molecule has 1 rings (SSSR count). The van der Waals surface area contributed by atoms with E-state index in [1.54, 1.807) is 7.05 Å². The number of piperazine rings is 1. The molecular weight excluding hydrogens is 433 g/mol. The molecule has 0 aromatic carbocycles. The van der Waals surface area contributed by atoms with Gasteiger partial charge in [0.2, 0.25) is 11.8 Å². The fourth-order valence-corrected chi connectivity index (χ4v) is 3.33. The van der Waals surface area contributed by atoms with E-state index in [1.807, 2.05) is 37.5 Å². The molecule has 146 valence electrons. The highest BCUT2D eigenvalue weighted by atomic mass is 127. The van der Waals surface area contributed by atoms with Crippen LogP contribution in [0.1, 0.15) is 48.0 Å². The molecule has 0 saturated carbocycles. The third-order valence-corrected chi connectivity index (χ3v) is 3.94. The maximum Gasteiger partial charge on any atom is 0.242 e. The van der Waals surface area contributed by atoms with Crippen LogP contribution in [0.4, 0.5) is 0 Å². The zero-order valence-electron chi connectivity index (χ0n) is 16.5. The van der Waals surface area contributed by atoms with Gasteiger partial charge >= 0.3 is 0 Å². The number of amides is 2. The van der Waals surface area contributed by atoms with Gasteiger partial charge < -0.3 is 20.4 Å². The molecule has 25 heavy (non-hydrogen) atoms. The first-order chi connectivity index (χ1) is 11.1. The molecular formula is C17H34IN5O2. The molecule has 2 N–H and O–H groups in total. The Balaban J connectivity index is 0.00000576. The summed E-state index contributed by atoms with van der Waals surface area (Å²) in [5.41, 5.74) is -0.268. The SMILES string of the molecule is CN=C(NCCC(=O)NC(C)C)N1CC(=O)N(C(C)C)C(C)(C)C1.I. The maximum absolute atomic E-state index is 12.5. The molecule has 0 radical (unpaired) electrons. The normalized spacial score (nSPS) is 17.6. The highest BCUT2D eigenvalue weighted by molar-refractivity contribution is 14.0. The molecule has 1 heterocycles. The molecule has 0 bridgehead atoms. The van der Waals surface area contributed by atoms with Crippen LogP contribution in [0.25, 0.3) is 0 Å². The quantitative estimate of drug-likeness (QED) is 0.365. The summed E-state index contributed by atoms with van der Waals surface area (Å²) in [6.45, 7) is 13.6. The summed E-state index contributed by atoms with van der Waals surface area (Å²) in [6.07, 6.45) is 0.375. The number of carbonyl (C=O) groups excluding carboxylic acids is 2. The summed E-state index contributed by atoms with van der Waals surface area (Å²) in [5, 5.41) is 6.05. The lowest BCUT2D eigenvalue weighted by Crippen LogP contribution is -2.66. The van der Waals surface area contributed by atoms with Gasteiger partial charge in [-0.15, -0.1) is 24.0 Å². The van der Waals surface area contributed by atoms with Crippen molar-refractivity contribution in [1.82, 2.24) is 20.4 Å². The maximum atomic E-state index is 12.5. The number of guanidine groups is 1. The molecule has 0 spiro atoms. The average Bonchev–Trinajstić information content (AvgIpc) is 2.40. The summed E-state index contributed by atoms with van der Waals surface area (Å²) in [4.78, 5) is 32.4. The molecule has 0 atom stereocenters. The third kappa shape index (κ3) is 6.99. The minimum absolute atomic E-state index is 0. The Hall–Kier alpha value is -1.06. The van der Waals surface area contributed by atoms with Crippen molar-refractivity contribution in [1.29, 1.82) is 0 Å². The second-order valence-electron chi connectivity index (χ2n) is 7.47. The van der Waals surface area contributed by atoms with Crippen molar-refractivity contribution < 1.29 is 9.59 Å². The van der Waals surface area contributed by atoms with E-state index in [0.717, 1.165) is 0 Å². The summed E-state index contributed by atoms with van der Waals surface area (Å²) < 4.78 is 0. The molecule has 0 unspecified atom stereocenters. The number of aliphatic imine (C=N–C) groups is 1. The van der Waals surface area contributed by atoms with E-state index in [1.165, 1.54) is 0 Å². The zero-order chi connectivity index (χ0) is 18.5. The largest absolute Gasteiger partial charge is 0.356 e. The van der Waals surface area contributed by atoms with Crippen LogP contribution in [0.3, 0.4) is 0 Å². The summed E-state index contributed by atoms with van der Waals surface area (Å²) in [7, 11) is 1.70. The number of nitrogens with zero attached hydrogens (tertiary/aromatic N) is 3. The predicted molar refractivity (Wildman–Crippen MR) is 112 cm³/mol. The van der Waals surface area contributed by atoms with Gasteiger partial charge in [0.1, 0.15) is 0 Å². The van der Waals surface area contributed by atoms with E-state index in [0.29, 0.717) is 32.0 Å². The van der Waals surface area contributed by atoms with Gasteiger partial charge in [-0.1, -0.05) is 0 Å². The number of halogens is 1. The molecule has 2 amide bonds. The van der Waals surface area contributed by atoms with Crippen molar-refractivity contribution in [3.63, 3.8) is 0 Å². The van der Waals surface area contributed by atoms with E-state index in [2.05, 4.69) is 29.5 Å². The Labute approximate surface area is 169 Å². The molecule has 8 heteroatoms. The number of nitrogens with one attached hydrogen (secondary N) is 2. The first-order valence-electron chi connectivity index (χ1n) is 8.65. The van der Waals surface area contributed by atoms with Crippen LogP contribution < -0.4 is 10.6 Å². The standard InChI is InChI=1S/C17H33N5O2.HI/c1-12(2)20-14(23)8-9-19-16(18-7)21-10-15(24)22(13(3)4)17(5,6)11-21;/h12-13H,8-11H2,1-7H3,(H,18,19)(H,20,23);1H. The van der Waals surface area contributed by atoms with Crippen molar-refractivity contribution in [2.45, 2.75) is 65.6 Å². The van der Waals surface area contributed by atoms with Crippen LogP contribution in [-0.4, -0.2) is 71.9 Å². The fraction of sp³-hybridized carbons (Fsp3) is 0.824. The zero-order valence-corrected chi connectivity index (χ0v) is 18.9. The van der Waals surface area contributed by atoms with E-state index >= 15 is 0 Å². The Kier molecular flexibility index (Phi) is 9.75. The van der Waals surface area contributed by atoms with Gasteiger partial charge in [0.15, 0.2) is 5.96 Å². The predicted octanol–water partition coefficient (Wildman–Crippen LogP) is 1.43. The monoisotopic (exact) mass is 467 g/mol. The van der Waals surface area contributed by atoms with Crippen molar-refractivity contribution in [2.24, 2.45) is 4.99 Å². The molecule has 0 aliphatic carbocycles. The van der Waals surface area contributed by atoms with Crippen LogP contribution in [0.5, 0.6) is 0 Å². The Morgan fingerprint density at radius 1 is 1.28 bits per heavy atom. The average molecular weight is 467 g/mol. The van der Waals surface area contributed by atoms with Crippen molar-refractivity contribution in [3.8, 4) is 0 Å². The van der Waals surface area contributed by atoms with Crippen LogP contribution in [0.15, 0.2) is 4.99 Å². The Morgan fingerprint density at radius 3 is 2.32 bits per heavy atom. The van der Waals surface area contributed by atoms with Crippen LogP contribution in [-0.2, 0) is 9.59 Å². The first kappa shape index (κ1) is 23.9. The summed E-state index contributed by atoms with van der Waals surface area (Å²) >= 11 is 0. The van der Waals surface area contributed by atoms with Crippen molar-refractivity contribution in [3.05, 3.63) is 0 Å². The van der Waals surface area contributed by atoms with Gasteiger partial charge in [-0.3, -0.25) is 14.6 Å². The second-order valence-corrected chi connectivity index (χ2v) is 7.47. The van der Waals surface area contributed by atoms with Gasteiger partial charge in [0.25, 0.3) is 0 Å². The molecule has 1 saturated heterocycles. The van der Waals surface area contributed by atoms with Gasteiger partial charge in [-0.05, 0) is 41.5 Å². The van der Waals surface area contributed by atoms with Crippen LogP contribution in [0.2, 0.25) is 0 Å². The number of hydrogen-bond donors (Lipinski definition) is 2. The number of rotatable bonds is 5. The fourth-order valence-electron chi connectivity index (χ4n) is 3.33. The lowest BCUT2D eigenvalue weighted by Gasteiger charge is -2.49. The number of carbonyl (C=O) groups is 2. The smallest absolute Gasteiger partial charge is 0.242 e. The lowest BCUT2D eigenvalue weighted by molar-refractivity contribution is -0.145. The van der Waals surface area contributed by atoms with E-state index < -0.39 is 0 Å². The highest BCUT2D eigenvalue weighted by Gasteiger charge is 2.40. The molecule has 0 aromatic heterocycles. The van der Waals surface area contributed by atoms with Crippen LogP contribution in [0, 0.1) is 0 Å². The minimum atomic E-state index is -0.268. The molecule has 7 nitrogen and oxygen atoms in total. The molecule has 1 fully saturated rings. The first-order valence-corrected chi connectivity index (χ1v) is 8.65. The summed E-state index contributed by atoms with van der Waals surface area (Å²) in [6, 6.07) is 0.309. The second kappa shape index (κ2) is 10.2. The lowest BCUT2D eigenvalue weighted by atomic mass is 9.96. The molecule has 1 aliphatic heterocycles. The third-order valence-electron chi connectivity index (χ3n) is 3.94. The Morgan fingerprint density at radius 2 is 1.88 bits per heavy atom. The highest BCUT2D eigenvalue weighted by Crippen LogP contribution is 2.24.